The summed E-state index contributed by atoms with van der Waals surface area (Å²) in [7, 11) is 0. The summed E-state index contributed by atoms with van der Waals surface area (Å²) in [6.45, 7) is 5.79. The zero-order valence-electron chi connectivity index (χ0n) is 11.1. The van der Waals surface area contributed by atoms with E-state index in [1.807, 2.05) is 32.0 Å². The van der Waals surface area contributed by atoms with Crippen molar-refractivity contribution in [2.24, 2.45) is 0 Å². The van der Waals surface area contributed by atoms with E-state index in [2.05, 4.69) is 4.90 Å². The second kappa shape index (κ2) is 5.53. The highest BCUT2D eigenvalue weighted by atomic mass is 16.4. The van der Waals surface area contributed by atoms with Gasteiger partial charge >= 0.3 is 5.97 Å². The summed E-state index contributed by atoms with van der Waals surface area (Å²) in [4.78, 5) is 13.8. The summed E-state index contributed by atoms with van der Waals surface area (Å²) < 4.78 is 0. The number of rotatable bonds is 3. The van der Waals surface area contributed by atoms with E-state index in [1.165, 1.54) is 6.42 Å². The molecule has 1 aliphatic rings. The molecular weight excluding hydrogens is 226 g/mol. The molecule has 1 N–H and O–H groups in total. The first-order valence-corrected chi connectivity index (χ1v) is 6.64. The molecule has 1 heterocycles. The highest BCUT2D eigenvalue weighted by Gasteiger charge is 2.30. The van der Waals surface area contributed by atoms with E-state index in [9.17, 15) is 9.90 Å². The van der Waals surface area contributed by atoms with E-state index < -0.39 is 12.0 Å². The van der Waals surface area contributed by atoms with Crippen molar-refractivity contribution in [2.75, 3.05) is 13.1 Å². The van der Waals surface area contributed by atoms with E-state index in [-0.39, 0.29) is 0 Å². The van der Waals surface area contributed by atoms with Crippen LogP contribution in [0.2, 0.25) is 0 Å². The number of hydrogen-bond donors (Lipinski definition) is 1. The van der Waals surface area contributed by atoms with Crippen LogP contribution in [0.4, 0.5) is 0 Å². The molecule has 3 heteroatoms. The third-order valence-electron chi connectivity index (χ3n) is 3.81. The normalized spacial score (nSPS) is 18.6. The number of aryl methyl sites for hydroxylation is 2. The van der Waals surface area contributed by atoms with Crippen LogP contribution in [0.15, 0.2) is 18.2 Å². The van der Waals surface area contributed by atoms with Crippen molar-refractivity contribution >= 4 is 5.97 Å². The topological polar surface area (TPSA) is 40.5 Å². The number of carbonyl (C=O) groups is 1. The van der Waals surface area contributed by atoms with Crippen LogP contribution >= 0.6 is 0 Å². The molecule has 0 aromatic heterocycles. The highest BCUT2D eigenvalue weighted by molar-refractivity contribution is 5.76. The van der Waals surface area contributed by atoms with E-state index >= 15 is 0 Å². The second-order valence-corrected chi connectivity index (χ2v) is 5.14. The fourth-order valence-corrected chi connectivity index (χ4v) is 2.90. The fraction of sp³-hybridized carbons (Fsp3) is 0.533. The Kier molecular flexibility index (Phi) is 4.02. The first kappa shape index (κ1) is 13.1. The molecule has 18 heavy (non-hydrogen) atoms. The highest BCUT2D eigenvalue weighted by Crippen LogP contribution is 2.29. The van der Waals surface area contributed by atoms with Crippen molar-refractivity contribution in [3.05, 3.63) is 34.9 Å². The van der Waals surface area contributed by atoms with Gasteiger partial charge in [-0.3, -0.25) is 9.69 Å². The minimum atomic E-state index is -0.727. The number of aliphatic carboxylic acids is 1. The smallest absolute Gasteiger partial charge is 0.325 e. The number of carboxylic acids is 1. The molecule has 1 unspecified atom stereocenters. The monoisotopic (exact) mass is 247 g/mol. The number of nitrogens with zero attached hydrogens (tertiary/aromatic N) is 1. The Morgan fingerprint density at radius 3 is 2.22 bits per heavy atom. The zero-order chi connectivity index (χ0) is 13.1. The van der Waals surface area contributed by atoms with Gasteiger partial charge in [0, 0.05) is 0 Å². The summed E-state index contributed by atoms with van der Waals surface area (Å²) in [5.41, 5.74) is 3.13. The molecule has 2 rings (SSSR count). The number of benzene rings is 1. The van der Waals surface area contributed by atoms with Crippen LogP contribution in [0.3, 0.4) is 0 Å². The summed E-state index contributed by atoms with van der Waals surface area (Å²) in [6, 6.07) is 5.51. The van der Waals surface area contributed by atoms with Crippen molar-refractivity contribution in [1.82, 2.24) is 4.90 Å². The molecule has 0 amide bonds. The van der Waals surface area contributed by atoms with Crippen LogP contribution in [0, 0.1) is 13.8 Å². The lowest BCUT2D eigenvalue weighted by molar-refractivity contribution is -0.144. The minimum absolute atomic E-state index is 0.480. The van der Waals surface area contributed by atoms with Crippen LogP contribution in [0.25, 0.3) is 0 Å². The van der Waals surface area contributed by atoms with Gasteiger partial charge in [-0.2, -0.15) is 0 Å². The first-order valence-electron chi connectivity index (χ1n) is 6.64. The molecule has 1 aromatic rings. The molecule has 1 atom stereocenters. The van der Waals surface area contributed by atoms with Gasteiger partial charge in [0.15, 0.2) is 0 Å². The van der Waals surface area contributed by atoms with Crippen molar-refractivity contribution < 1.29 is 9.90 Å². The molecule has 98 valence electrons. The largest absolute Gasteiger partial charge is 0.480 e. The third-order valence-corrected chi connectivity index (χ3v) is 3.81. The molecular formula is C15H21NO2. The number of likely N-dealkylation sites (tertiary alicyclic amines) is 1. The van der Waals surface area contributed by atoms with Crippen molar-refractivity contribution in [3.63, 3.8) is 0 Å². The standard InChI is InChI=1S/C15H21NO2/c1-11-7-6-8-12(2)13(11)14(15(17)18)16-9-4-3-5-10-16/h6-8,14H,3-5,9-10H2,1-2H3,(H,17,18). The van der Waals surface area contributed by atoms with Gasteiger partial charge in [-0.1, -0.05) is 24.6 Å². The molecule has 1 fully saturated rings. The van der Waals surface area contributed by atoms with Crippen molar-refractivity contribution in [1.29, 1.82) is 0 Å². The maximum Gasteiger partial charge on any atom is 0.325 e. The molecule has 1 aromatic carbocycles. The van der Waals surface area contributed by atoms with Gasteiger partial charge in [0.05, 0.1) is 0 Å². The molecule has 0 aliphatic carbocycles. The lowest BCUT2D eigenvalue weighted by atomic mass is 9.93. The van der Waals surface area contributed by atoms with Gasteiger partial charge in [-0.05, 0) is 56.5 Å². The quantitative estimate of drug-likeness (QED) is 0.892. The van der Waals surface area contributed by atoms with Gasteiger partial charge in [0.25, 0.3) is 0 Å². The Hall–Kier alpha value is -1.35. The second-order valence-electron chi connectivity index (χ2n) is 5.14. The van der Waals surface area contributed by atoms with E-state index in [0.717, 1.165) is 42.6 Å². The SMILES string of the molecule is Cc1cccc(C)c1C(C(=O)O)N1CCCCC1. The lowest BCUT2D eigenvalue weighted by Gasteiger charge is -2.33. The zero-order valence-corrected chi connectivity index (χ0v) is 11.1. The van der Waals surface area contributed by atoms with Crippen molar-refractivity contribution in [3.8, 4) is 0 Å². The molecule has 3 nitrogen and oxygen atoms in total. The Balaban J connectivity index is 2.37. The maximum absolute atomic E-state index is 11.7. The van der Waals surface area contributed by atoms with Gasteiger partial charge in [0.2, 0.25) is 0 Å². The third kappa shape index (κ3) is 2.56. The summed E-state index contributed by atoms with van der Waals surface area (Å²) in [5.74, 6) is -0.727. The summed E-state index contributed by atoms with van der Waals surface area (Å²) >= 11 is 0. The van der Waals surface area contributed by atoms with Crippen LogP contribution < -0.4 is 0 Å². The first-order chi connectivity index (χ1) is 8.61. The predicted molar refractivity (Wildman–Crippen MR) is 71.7 cm³/mol. The predicted octanol–water partition coefficient (Wildman–Crippen LogP) is 2.92. The van der Waals surface area contributed by atoms with E-state index in [1.54, 1.807) is 0 Å². The van der Waals surface area contributed by atoms with Gasteiger partial charge in [0.1, 0.15) is 6.04 Å². The van der Waals surface area contributed by atoms with Crippen LogP contribution in [-0.4, -0.2) is 29.1 Å². The van der Waals surface area contributed by atoms with Crippen LogP contribution in [-0.2, 0) is 4.79 Å². The molecule has 0 saturated carbocycles. The summed E-state index contributed by atoms with van der Waals surface area (Å²) in [6.07, 6.45) is 3.43. The van der Waals surface area contributed by atoms with Gasteiger partial charge in [-0.25, -0.2) is 0 Å². The maximum atomic E-state index is 11.7. The van der Waals surface area contributed by atoms with Crippen molar-refractivity contribution in [2.45, 2.75) is 39.2 Å². The van der Waals surface area contributed by atoms with Crippen LogP contribution in [0.5, 0.6) is 0 Å². The fourth-order valence-electron chi connectivity index (χ4n) is 2.90. The molecule has 0 bridgehead atoms. The Labute approximate surface area is 108 Å². The molecule has 0 spiro atoms. The number of piperidine rings is 1. The van der Waals surface area contributed by atoms with Gasteiger partial charge in [-0.15, -0.1) is 0 Å². The Morgan fingerprint density at radius 1 is 1.17 bits per heavy atom. The molecule has 0 radical (unpaired) electrons. The Bertz CT molecular complexity index is 416. The number of carboxylic acid groups (broad SMARTS) is 1. The van der Waals surface area contributed by atoms with Gasteiger partial charge < -0.3 is 5.11 Å². The lowest BCUT2D eigenvalue weighted by Crippen LogP contribution is -2.38. The molecule has 1 aliphatic heterocycles. The molecule has 1 saturated heterocycles. The summed E-state index contributed by atoms with van der Waals surface area (Å²) in [5, 5.41) is 9.59. The Morgan fingerprint density at radius 2 is 1.72 bits per heavy atom. The minimum Gasteiger partial charge on any atom is -0.480 e. The average molecular weight is 247 g/mol. The van der Waals surface area contributed by atoms with E-state index in [0.29, 0.717) is 0 Å². The average Bonchev–Trinajstić information content (AvgIpc) is 2.34. The van der Waals surface area contributed by atoms with E-state index in [4.69, 9.17) is 0 Å². The number of hydrogen-bond acceptors (Lipinski definition) is 2. The van der Waals surface area contributed by atoms with Crippen LogP contribution in [0.1, 0.15) is 42.0 Å².